The fraction of sp³-hybridized carbons (Fsp3) is 0.500. The van der Waals surface area contributed by atoms with E-state index in [1.807, 2.05) is 19.2 Å². The minimum Gasteiger partial charge on any atom is -0.389 e. The van der Waals surface area contributed by atoms with E-state index >= 15 is 0 Å². The van der Waals surface area contributed by atoms with Crippen LogP contribution in [-0.4, -0.2) is 6.54 Å². The van der Waals surface area contributed by atoms with Crippen molar-refractivity contribution in [2.75, 3.05) is 6.54 Å². The summed E-state index contributed by atoms with van der Waals surface area (Å²) >= 11 is 0. The van der Waals surface area contributed by atoms with Gasteiger partial charge in [-0.25, -0.2) is 0 Å². The highest BCUT2D eigenvalue weighted by molar-refractivity contribution is 5.15. The van der Waals surface area contributed by atoms with Gasteiger partial charge in [0, 0.05) is 6.54 Å². The molecule has 1 aliphatic rings. The van der Waals surface area contributed by atoms with Gasteiger partial charge in [0.1, 0.15) is 0 Å². The Hall–Kier alpha value is -0.970. The first-order chi connectivity index (χ1) is 3.77. The molecule has 1 rings (SSSR count). The number of hydrogen-bond acceptors (Lipinski definition) is 2. The van der Waals surface area contributed by atoms with Gasteiger partial charge in [-0.1, -0.05) is 0 Å². The molecule has 0 aromatic heterocycles. The maximum Gasteiger partial charge on any atom is 0.0913 e. The highest BCUT2D eigenvalue weighted by atomic mass is 14.9. The van der Waals surface area contributed by atoms with Crippen LogP contribution in [0.25, 0.3) is 0 Å². The Morgan fingerprint density at radius 1 is 1.88 bits per heavy atom. The molecule has 1 aliphatic heterocycles. The molecule has 1 unspecified atom stereocenters. The van der Waals surface area contributed by atoms with Crippen LogP contribution in [0.2, 0.25) is 0 Å². The molecule has 0 saturated heterocycles. The van der Waals surface area contributed by atoms with E-state index in [0.29, 0.717) is 0 Å². The number of nitrogens with zero attached hydrogens (tertiary/aromatic N) is 1. The summed E-state index contributed by atoms with van der Waals surface area (Å²) in [4.78, 5) is 0. The summed E-state index contributed by atoms with van der Waals surface area (Å²) in [6, 6.07) is 2.19. The Balaban J connectivity index is 2.72. The average Bonchev–Trinajstić information content (AvgIpc) is 2.17. The normalized spacial score (nSPS) is 34.0. The highest BCUT2D eigenvalue weighted by Gasteiger charge is 2.22. The summed E-state index contributed by atoms with van der Waals surface area (Å²) in [5, 5.41) is 11.4. The second-order valence-corrected chi connectivity index (χ2v) is 2.24. The van der Waals surface area contributed by atoms with E-state index in [-0.39, 0.29) is 5.41 Å². The van der Waals surface area contributed by atoms with Gasteiger partial charge in [0.15, 0.2) is 0 Å². The Morgan fingerprint density at radius 2 is 2.62 bits per heavy atom. The fourth-order valence-corrected chi connectivity index (χ4v) is 0.650. The summed E-state index contributed by atoms with van der Waals surface area (Å²) in [7, 11) is 0. The summed E-state index contributed by atoms with van der Waals surface area (Å²) < 4.78 is 0. The number of hydrogen-bond donors (Lipinski definition) is 1. The predicted molar refractivity (Wildman–Crippen MR) is 30.9 cm³/mol. The molecule has 0 aromatic carbocycles. The second kappa shape index (κ2) is 1.52. The van der Waals surface area contributed by atoms with E-state index in [1.54, 1.807) is 0 Å². The van der Waals surface area contributed by atoms with E-state index in [1.165, 1.54) is 0 Å². The molecule has 42 valence electrons. The van der Waals surface area contributed by atoms with Gasteiger partial charge in [-0.15, -0.1) is 0 Å². The van der Waals surface area contributed by atoms with Crippen LogP contribution in [0.1, 0.15) is 6.92 Å². The Kier molecular flexibility index (Phi) is 0.980. The van der Waals surface area contributed by atoms with Crippen LogP contribution >= 0.6 is 0 Å². The maximum absolute atomic E-state index is 8.48. The van der Waals surface area contributed by atoms with E-state index in [9.17, 15) is 0 Å². The van der Waals surface area contributed by atoms with Gasteiger partial charge in [0.25, 0.3) is 0 Å². The van der Waals surface area contributed by atoms with E-state index in [0.717, 1.165) is 6.54 Å². The SMILES string of the molecule is CC1(C#N)C=CNC1. The molecule has 0 radical (unpaired) electrons. The van der Waals surface area contributed by atoms with Crippen LogP contribution in [0.4, 0.5) is 0 Å². The molecular formula is C6H8N2. The van der Waals surface area contributed by atoms with E-state index in [2.05, 4.69) is 11.4 Å². The van der Waals surface area contributed by atoms with Gasteiger partial charge in [-0.05, 0) is 19.2 Å². The van der Waals surface area contributed by atoms with Crippen molar-refractivity contribution in [3.63, 3.8) is 0 Å². The molecule has 2 nitrogen and oxygen atoms in total. The maximum atomic E-state index is 8.48. The highest BCUT2D eigenvalue weighted by Crippen LogP contribution is 2.18. The first kappa shape index (κ1) is 5.17. The van der Waals surface area contributed by atoms with Crippen molar-refractivity contribution in [3.05, 3.63) is 12.3 Å². The lowest BCUT2D eigenvalue weighted by Gasteiger charge is -2.07. The smallest absolute Gasteiger partial charge is 0.0913 e. The van der Waals surface area contributed by atoms with Gasteiger partial charge >= 0.3 is 0 Å². The largest absolute Gasteiger partial charge is 0.389 e. The second-order valence-electron chi connectivity index (χ2n) is 2.24. The molecule has 0 spiro atoms. The molecule has 1 atom stereocenters. The zero-order valence-electron chi connectivity index (χ0n) is 4.81. The first-order valence-corrected chi connectivity index (χ1v) is 2.59. The van der Waals surface area contributed by atoms with Gasteiger partial charge in [-0.2, -0.15) is 5.26 Å². The number of nitrogens with one attached hydrogen (secondary N) is 1. The Bertz CT molecular complexity index is 154. The van der Waals surface area contributed by atoms with Crippen molar-refractivity contribution < 1.29 is 0 Å². The number of rotatable bonds is 0. The van der Waals surface area contributed by atoms with Gasteiger partial charge in [0.05, 0.1) is 11.5 Å². The van der Waals surface area contributed by atoms with Gasteiger partial charge in [-0.3, -0.25) is 0 Å². The Labute approximate surface area is 48.8 Å². The molecule has 0 fully saturated rings. The lowest BCUT2D eigenvalue weighted by Crippen LogP contribution is -2.17. The third kappa shape index (κ3) is 0.671. The van der Waals surface area contributed by atoms with E-state index in [4.69, 9.17) is 5.26 Å². The minimum atomic E-state index is -0.250. The summed E-state index contributed by atoms with van der Waals surface area (Å²) in [6.45, 7) is 2.66. The minimum absolute atomic E-state index is 0.250. The molecule has 0 bridgehead atoms. The first-order valence-electron chi connectivity index (χ1n) is 2.59. The average molecular weight is 108 g/mol. The monoisotopic (exact) mass is 108 g/mol. The fourth-order valence-electron chi connectivity index (χ4n) is 0.650. The third-order valence-electron chi connectivity index (χ3n) is 1.29. The van der Waals surface area contributed by atoms with Crippen molar-refractivity contribution in [1.29, 1.82) is 5.26 Å². The van der Waals surface area contributed by atoms with E-state index < -0.39 is 0 Å². The summed E-state index contributed by atoms with van der Waals surface area (Å²) in [6.07, 6.45) is 3.70. The molecule has 0 aromatic rings. The zero-order valence-corrected chi connectivity index (χ0v) is 4.81. The van der Waals surface area contributed by atoms with Crippen LogP contribution in [0.5, 0.6) is 0 Å². The van der Waals surface area contributed by atoms with Crippen molar-refractivity contribution in [3.8, 4) is 6.07 Å². The Morgan fingerprint density at radius 3 is 2.88 bits per heavy atom. The third-order valence-corrected chi connectivity index (χ3v) is 1.29. The molecule has 0 saturated carbocycles. The van der Waals surface area contributed by atoms with Crippen molar-refractivity contribution in [1.82, 2.24) is 5.32 Å². The molecule has 0 amide bonds. The molecule has 1 heterocycles. The van der Waals surface area contributed by atoms with Gasteiger partial charge < -0.3 is 5.32 Å². The molecule has 1 N–H and O–H groups in total. The van der Waals surface area contributed by atoms with Crippen LogP contribution < -0.4 is 5.32 Å². The summed E-state index contributed by atoms with van der Waals surface area (Å²) in [5.74, 6) is 0. The van der Waals surface area contributed by atoms with Crippen LogP contribution in [-0.2, 0) is 0 Å². The summed E-state index contributed by atoms with van der Waals surface area (Å²) in [5.41, 5.74) is -0.250. The number of nitriles is 1. The van der Waals surface area contributed by atoms with Crippen molar-refractivity contribution in [2.24, 2.45) is 5.41 Å². The molecular weight excluding hydrogens is 100 g/mol. The van der Waals surface area contributed by atoms with Crippen molar-refractivity contribution >= 4 is 0 Å². The zero-order chi connectivity index (χ0) is 6.04. The topological polar surface area (TPSA) is 35.8 Å². The lowest BCUT2D eigenvalue weighted by molar-refractivity contribution is 0.581. The van der Waals surface area contributed by atoms with Gasteiger partial charge in [0.2, 0.25) is 0 Å². The quantitative estimate of drug-likeness (QED) is 0.494. The predicted octanol–water partition coefficient (Wildman–Crippen LogP) is 0.633. The molecule has 2 heteroatoms. The van der Waals surface area contributed by atoms with Crippen molar-refractivity contribution in [2.45, 2.75) is 6.92 Å². The van der Waals surface area contributed by atoms with Crippen LogP contribution in [0, 0.1) is 16.7 Å². The molecule has 0 aliphatic carbocycles. The standard InChI is InChI=1S/C6H8N2/c1-6(4-7)2-3-8-5-6/h2-3,8H,5H2,1H3. The lowest BCUT2D eigenvalue weighted by atomic mass is 9.95. The van der Waals surface area contributed by atoms with Crippen LogP contribution in [0.15, 0.2) is 12.3 Å². The van der Waals surface area contributed by atoms with Crippen LogP contribution in [0.3, 0.4) is 0 Å². The molecule has 8 heavy (non-hydrogen) atoms.